The first-order valence-corrected chi connectivity index (χ1v) is 5.81. The highest BCUT2D eigenvalue weighted by molar-refractivity contribution is 9.10. The summed E-state index contributed by atoms with van der Waals surface area (Å²) >= 11 is 3.52. The lowest BCUT2D eigenvalue weighted by Gasteiger charge is -2.15. The van der Waals surface area contributed by atoms with Crippen LogP contribution in [-0.4, -0.2) is 24.7 Å². The largest absolute Gasteiger partial charge is 0.385 e. The quantitative estimate of drug-likeness (QED) is 0.895. The summed E-state index contributed by atoms with van der Waals surface area (Å²) < 4.78 is 6.07. The van der Waals surface area contributed by atoms with Crippen LogP contribution in [0.25, 0.3) is 0 Å². The molecule has 15 heavy (non-hydrogen) atoms. The van der Waals surface area contributed by atoms with Crippen molar-refractivity contribution in [2.24, 2.45) is 0 Å². The molecule has 84 valence electrons. The van der Waals surface area contributed by atoms with Gasteiger partial charge in [-0.3, -0.25) is 0 Å². The van der Waals surface area contributed by atoms with Crippen LogP contribution in [-0.2, 0) is 4.74 Å². The molecular formula is C11H17BrN2O. The Morgan fingerprint density at radius 1 is 1.60 bits per heavy atom. The number of nitrogens with zero attached hydrogens (tertiary/aromatic N) is 1. The highest BCUT2D eigenvalue weighted by atomic mass is 79.9. The van der Waals surface area contributed by atoms with E-state index in [1.807, 2.05) is 12.3 Å². The second-order valence-corrected chi connectivity index (χ2v) is 4.41. The molecule has 4 heteroatoms. The van der Waals surface area contributed by atoms with Crippen LogP contribution >= 0.6 is 15.9 Å². The number of anilines is 1. The van der Waals surface area contributed by atoms with E-state index in [9.17, 15) is 0 Å². The maximum atomic E-state index is 5.03. The van der Waals surface area contributed by atoms with E-state index in [4.69, 9.17) is 4.74 Å². The van der Waals surface area contributed by atoms with E-state index in [0.717, 1.165) is 23.3 Å². The Hall–Kier alpha value is -0.610. The molecule has 1 rings (SSSR count). The minimum Gasteiger partial charge on any atom is -0.385 e. The zero-order valence-corrected chi connectivity index (χ0v) is 11.0. The van der Waals surface area contributed by atoms with Crippen LogP contribution in [0, 0.1) is 6.92 Å². The molecule has 0 spiro atoms. The summed E-state index contributed by atoms with van der Waals surface area (Å²) in [5.41, 5.74) is 1.19. The molecule has 0 aromatic carbocycles. The van der Waals surface area contributed by atoms with Crippen molar-refractivity contribution in [1.82, 2.24) is 4.98 Å². The van der Waals surface area contributed by atoms with Gasteiger partial charge in [0, 0.05) is 26.0 Å². The lowest BCUT2D eigenvalue weighted by atomic mass is 10.2. The molecule has 1 aromatic heterocycles. The summed E-state index contributed by atoms with van der Waals surface area (Å²) in [5.74, 6) is 0.901. The van der Waals surface area contributed by atoms with Gasteiger partial charge in [-0.1, -0.05) is 0 Å². The minimum absolute atomic E-state index is 0.357. The van der Waals surface area contributed by atoms with Gasteiger partial charge >= 0.3 is 0 Å². The van der Waals surface area contributed by atoms with Crippen LogP contribution in [0.2, 0.25) is 0 Å². The zero-order valence-electron chi connectivity index (χ0n) is 9.38. The first-order chi connectivity index (χ1) is 7.15. The number of halogens is 1. The van der Waals surface area contributed by atoms with Crippen molar-refractivity contribution in [3.05, 3.63) is 22.3 Å². The number of aromatic nitrogens is 1. The highest BCUT2D eigenvalue weighted by Gasteiger charge is 2.07. The summed E-state index contributed by atoms with van der Waals surface area (Å²) in [7, 11) is 1.72. The lowest BCUT2D eigenvalue weighted by Crippen LogP contribution is -2.18. The van der Waals surface area contributed by atoms with Crippen molar-refractivity contribution in [2.45, 2.75) is 26.3 Å². The molecule has 0 saturated carbocycles. The number of hydrogen-bond acceptors (Lipinski definition) is 3. The van der Waals surface area contributed by atoms with E-state index < -0.39 is 0 Å². The smallest absolute Gasteiger partial charge is 0.140 e. The Bertz CT molecular complexity index is 317. The van der Waals surface area contributed by atoms with Gasteiger partial charge in [0.25, 0.3) is 0 Å². The van der Waals surface area contributed by atoms with Crippen LogP contribution in [0.15, 0.2) is 16.7 Å². The molecule has 0 fully saturated rings. The summed E-state index contributed by atoms with van der Waals surface area (Å²) in [5, 5.41) is 3.35. The molecule has 0 aliphatic heterocycles. The molecule has 1 heterocycles. The number of methoxy groups -OCH3 is 1. The van der Waals surface area contributed by atoms with Crippen LogP contribution in [0.1, 0.15) is 18.9 Å². The lowest BCUT2D eigenvalue weighted by molar-refractivity contribution is 0.191. The third kappa shape index (κ3) is 3.80. The fourth-order valence-electron chi connectivity index (χ4n) is 1.24. The van der Waals surface area contributed by atoms with Gasteiger partial charge in [-0.2, -0.15) is 0 Å². The van der Waals surface area contributed by atoms with Gasteiger partial charge in [-0.15, -0.1) is 0 Å². The van der Waals surface area contributed by atoms with Crippen molar-refractivity contribution in [2.75, 3.05) is 19.0 Å². The Kier molecular flexibility index (Phi) is 5.05. The van der Waals surface area contributed by atoms with Crippen LogP contribution in [0.4, 0.5) is 5.82 Å². The molecule has 0 radical (unpaired) electrons. The minimum atomic E-state index is 0.357. The molecule has 0 aliphatic rings. The van der Waals surface area contributed by atoms with E-state index in [-0.39, 0.29) is 0 Å². The molecule has 1 aromatic rings. The second-order valence-electron chi connectivity index (χ2n) is 3.62. The third-order valence-electron chi connectivity index (χ3n) is 2.22. The number of hydrogen-bond donors (Lipinski definition) is 1. The van der Waals surface area contributed by atoms with E-state index in [1.165, 1.54) is 5.56 Å². The van der Waals surface area contributed by atoms with Crippen LogP contribution in [0.5, 0.6) is 0 Å². The summed E-state index contributed by atoms with van der Waals surface area (Å²) in [6.07, 6.45) is 2.78. The molecule has 0 amide bonds. The van der Waals surface area contributed by atoms with Crippen molar-refractivity contribution in [3.8, 4) is 0 Å². The van der Waals surface area contributed by atoms with Crippen LogP contribution < -0.4 is 5.32 Å². The molecule has 1 atom stereocenters. The maximum absolute atomic E-state index is 5.03. The molecule has 0 aliphatic carbocycles. The molecule has 1 N–H and O–H groups in total. The summed E-state index contributed by atoms with van der Waals surface area (Å²) in [6.45, 7) is 4.93. The van der Waals surface area contributed by atoms with Gasteiger partial charge in [0.05, 0.1) is 4.47 Å². The number of ether oxygens (including phenoxy) is 1. The normalized spacial score (nSPS) is 12.5. The SMILES string of the molecule is COCCC(C)Nc1nccc(C)c1Br. The van der Waals surface area contributed by atoms with Crippen LogP contribution in [0.3, 0.4) is 0 Å². The van der Waals surface area contributed by atoms with E-state index in [2.05, 4.69) is 40.1 Å². The highest BCUT2D eigenvalue weighted by Crippen LogP contribution is 2.23. The van der Waals surface area contributed by atoms with Crippen molar-refractivity contribution >= 4 is 21.7 Å². The Morgan fingerprint density at radius 2 is 2.33 bits per heavy atom. The molecule has 0 saturated heterocycles. The van der Waals surface area contributed by atoms with Crippen molar-refractivity contribution in [1.29, 1.82) is 0 Å². The Balaban J connectivity index is 2.60. The van der Waals surface area contributed by atoms with Gasteiger partial charge in [-0.25, -0.2) is 4.98 Å². The first-order valence-electron chi connectivity index (χ1n) is 5.01. The first kappa shape index (κ1) is 12.5. The van der Waals surface area contributed by atoms with Gasteiger partial charge < -0.3 is 10.1 Å². The number of rotatable bonds is 5. The van der Waals surface area contributed by atoms with Gasteiger partial charge in [0.1, 0.15) is 5.82 Å². The Labute approximate surface area is 99.4 Å². The van der Waals surface area contributed by atoms with Gasteiger partial charge in [0.2, 0.25) is 0 Å². The summed E-state index contributed by atoms with van der Waals surface area (Å²) in [4.78, 5) is 4.29. The summed E-state index contributed by atoms with van der Waals surface area (Å²) in [6, 6.07) is 2.34. The third-order valence-corrected chi connectivity index (χ3v) is 3.22. The average molecular weight is 273 g/mol. The average Bonchev–Trinajstić information content (AvgIpc) is 2.22. The van der Waals surface area contributed by atoms with Crippen molar-refractivity contribution in [3.63, 3.8) is 0 Å². The van der Waals surface area contributed by atoms with E-state index in [1.54, 1.807) is 7.11 Å². The van der Waals surface area contributed by atoms with E-state index in [0.29, 0.717) is 6.04 Å². The van der Waals surface area contributed by atoms with Gasteiger partial charge in [-0.05, 0) is 47.8 Å². The predicted molar refractivity (Wildman–Crippen MR) is 66.3 cm³/mol. The maximum Gasteiger partial charge on any atom is 0.140 e. The standard InChI is InChI=1S/C11H17BrN2O/c1-8-4-6-13-11(10(8)12)14-9(2)5-7-15-3/h4,6,9H,5,7H2,1-3H3,(H,13,14). The number of nitrogens with one attached hydrogen (secondary N) is 1. The van der Waals surface area contributed by atoms with Gasteiger partial charge in [0.15, 0.2) is 0 Å². The Morgan fingerprint density at radius 3 is 3.00 bits per heavy atom. The molecular weight excluding hydrogens is 256 g/mol. The fraction of sp³-hybridized carbons (Fsp3) is 0.545. The second kappa shape index (κ2) is 6.08. The van der Waals surface area contributed by atoms with Crippen molar-refractivity contribution < 1.29 is 4.74 Å². The number of aryl methyl sites for hydroxylation is 1. The predicted octanol–water partition coefficient (Wildman–Crippen LogP) is 2.99. The molecule has 3 nitrogen and oxygen atoms in total. The van der Waals surface area contributed by atoms with E-state index >= 15 is 0 Å². The molecule has 0 bridgehead atoms. The zero-order chi connectivity index (χ0) is 11.3. The fourth-order valence-corrected chi connectivity index (χ4v) is 1.59. The number of pyridine rings is 1. The molecule has 1 unspecified atom stereocenters. The monoisotopic (exact) mass is 272 g/mol. The topological polar surface area (TPSA) is 34.1 Å².